The van der Waals surface area contributed by atoms with Crippen LogP contribution in [-0.2, 0) is 4.74 Å². The first-order valence-corrected chi connectivity index (χ1v) is 11.6. The van der Waals surface area contributed by atoms with Gasteiger partial charge in [-0.05, 0) is 91.4 Å². The lowest BCUT2D eigenvalue weighted by molar-refractivity contribution is -0.0344. The molecule has 0 spiro atoms. The lowest BCUT2D eigenvalue weighted by atomic mass is 9.93. The Kier molecular flexibility index (Phi) is 11.7. The average Bonchev–Trinajstić information content (AvgIpc) is 2.92. The molecule has 0 bridgehead atoms. The molecule has 4 heteroatoms. The van der Waals surface area contributed by atoms with Gasteiger partial charge in [0.15, 0.2) is 0 Å². The van der Waals surface area contributed by atoms with Crippen LogP contribution in [0.5, 0.6) is 0 Å². The Morgan fingerprint density at radius 1 is 1.14 bits per heavy atom. The van der Waals surface area contributed by atoms with Crippen molar-refractivity contribution >= 4 is 0 Å². The summed E-state index contributed by atoms with van der Waals surface area (Å²) in [4.78, 5) is 0. The van der Waals surface area contributed by atoms with E-state index >= 15 is 0 Å². The summed E-state index contributed by atoms with van der Waals surface area (Å²) in [5, 5.41) is 23.2. The molecule has 0 saturated carbocycles. The molecule has 0 aromatic heterocycles. The highest BCUT2D eigenvalue weighted by molar-refractivity contribution is 4.98. The van der Waals surface area contributed by atoms with Gasteiger partial charge in [0.1, 0.15) is 5.72 Å². The van der Waals surface area contributed by atoms with Crippen LogP contribution in [0.25, 0.3) is 0 Å². The van der Waals surface area contributed by atoms with Crippen LogP contribution in [0.15, 0.2) is 23.3 Å². The minimum absolute atomic E-state index is 0.0406. The van der Waals surface area contributed by atoms with Crippen molar-refractivity contribution in [2.24, 2.45) is 11.8 Å². The highest BCUT2D eigenvalue weighted by Crippen LogP contribution is 2.27. The third-order valence-electron chi connectivity index (χ3n) is 6.07. The molecule has 4 nitrogen and oxygen atoms in total. The van der Waals surface area contributed by atoms with Crippen molar-refractivity contribution in [2.45, 2.75) is 117 Å². The Balaban J connectivity index is 2.25. The summed E-state index contributed by atoms with van der Waals surface area (Å²) in [5.74, 6) is 0.918. The molecule has 1 heterocycles. The summed E-state index contributed by atoms with van der Waals surface area (Å²) >= 11 is 0. The van der Waals surface area contributed by atoms with Gasteiger partial charge in [0.2, 0.25) is 0 Å². The molecule has 0 radical (unpaired) electrons. The van der Waals surface area contributed by atoms with Crippen molar-refractivity contribution in [2.75, 3.05) is 6.61 Å². The van der Waals surface area contributed by atoms with Gasteiger partial charge in [-0.1, -0.05) is 37.1 Å². The fourth-order valence-corrected chi connectivity index (χ4v) is 4.12. The first-order valence-electron chi connectivity index (χ1n) is 11.6. The van der Waals surface area contributed by atoms with Crippen LogP contribution in [0.3, 0.4) is 0 Å². The quantitative estimate of drug-likeness (QED) is 0.359. The van der Waals surface area contributed by atoms with Crippen LogP contribution in [0.2, 0.25) is 0 Å². The molecule has 1 aliphatic rings. The van der Waals surface area contributed by atoms with E-state index < -0.39 is 0 Å². The minimum atomic E-state index is -0.343. The largest absolute Gasteiger partial charge is 0.395 e. The summed E-state index contributed by atoms with van der Waals surface area (Å²) < 4.78 is 6.06. The van der Waals surface area contributed by atoms with Crippen LogP contribution >= 0.6 is 0 Å². The van der Waals surface area contributed by atoms with Crippen LogP contribution in [0.1, 0.15) is 93.4 Å². The molecular formula is C25H47NO3. The van der Waals surface area contributed by atoms with Crippen LogP contribution in [0, 0.1) is 11.8 Å². The van der Waals surface area contributed by atoms with Gasteiger partial charge in [-0.15, -0.1) is 0 Å². The monoisotopic (exact) mass is 409 g/mol. The van der Waals surface area contributed by atoms with E-state index in [1.54, 1.807) is 0 Å². The van der Waals surface area contributed by atoms with Gasteiger partial charge in [0, 0.05) is 0 Å². The van der Waals surface area contributed by atoms with Gasteiger partial charge in [0.25, 0.3) is 0 Å². The van der Waals surface area contributed by atoms with Crippen molar-refractivity contribution in [1.82, 2.24) is 5.32 Å². The highest BCUT2D eigenvalue weighted by Gasteiger charge is 2.39. The Labute approximate surface area is 179 Å². The van der Waals surface area contributed by atoms with Crippen molar-refractivity contribution in [3.63, 3.8) is 0 Å². The zero-order chi connectivity index (χ0) is 22.0. The summed E-state index contributed by atoms with van der Waals surface area (Å²) in [6.45, 7) is 15.0. The third-order valence-corrected chi connectivity index (χ3v) is 6.07. The average molecular weight is 410 g/mol. The van der Waals surface area contributed by atoms with Gasteiger partial charge >= 0.3 is 0 Å². The van der Waals surface area contributed by atoms with E-state index in [4.69, 9.17) is 4.74 Å². The van der Waals surface area contributed by atoms with Crippen molar-refractivity contribution in [3.8, 4) is 0 Å². The Hall–Kier alpha value is -0.680. The zero-order valence-corrected chi connectivity index (χ0v) is 20.0. The maximum Gasteiger partial charge on any atom is 0.114 e. The van der Waals surface area contributed by atoms with Crippen molar-refractivity contribution < 1.29 is 14.9 Å². The minimum Gasteiger partial charge on any atom is -0.395 e. The second-order valence-electron chi connectivity index (χ2n) is 10.0. The fourth-order valence-electron chi connectivity index (χ4n) is 4.12. The standard InChI is InChI=1S/C25H47NO3/c1-18(2)14-15-23(28)21(5)13-9-11-19(3)10-8-12-20(4)16-24-22(17-27)26-25(6,7)29-24/h10,14,20-24,26-28H,8-9,11-13,15-17H2,1-7H3. The fraction of sp³-hybridized carbons (Fsp3) is 0.840. The van der Waals surface area contributed by atoms with E-state index in [9.17, 15) is 10.2 Å². The van der Waals surface area contributed by atoms with Gasteiger partial charge in [-0.25, -0.2) is 0 Å². The number of allylic oxidation sites excluding steroid dienone is 3. The lowest BCUT2D eigenvalue weighted by Crippen LogP contribution is -2.41. The molecule has 1 fully saturated rings. The second-order valence-corrected chi connectivity index (χ2v) is 10.0. The first kappa shape index (κ1) is 26.4. The maximum absolute atomic E-state index is 10.2. The molecule has 5 atom stereocenters. The number of hydrogen-bond donors (Lipinski definition) is 3. The Morgan fingerprint density at radius 3 is 2.45 bits per heavy atom. The maximum atomic E-state index is 10.2. The molecule has 1 saturated heterocycles. The molecule has 0 amide bonds. The summed E-state index contributed by atoms with van der Waals surface area (Å²) in [5.41, 5.74) is 2.39. The predicted molar refractivity (Wildman–Crippen MR) is 123 cm³/mol. The molecule has 29 heavy (non-hydrogen) atoms. The number of aliphatic hydroxyl groups is 2. The summed E-state index contributed by atoms with van der Waals surface area (Å²) in [7, 11) is 0. The third kappa shape index (κ3) is 10.8. The number of hydrogen-bond acceptors (Lipinski definition) is 4. The van der Waals surface area contributed by atoms with Crippen LogP contribution in [-0.4, -0.2) is 40.8 Å². The molecule has 3 N–H and O–H groups in total. The molecule has 1 aliphatic heterocycles. The molecule has 0 aliphatic carbocycles. The van der Waals surface area contributed by atoms with Crippen molar-refractivity contribution in [1.29, 1.82) is 0 Å². The van der Waals surface area contributed by atoms with Gasteiger partial charge in [0.05, 0.1) is 24.9 Å². The van der Waals surface area contributed by atoms with Gasteiger partial charge < -0.3 is 14.9 Å². The van der Waals surface area contributed by atoms with E-state index in [0.717, 1.165) is 44.9 Å². The molecule has 5 unspecified atom stereocenters. The lowest BCUT2D eigenvalue weighted by Gasteiger charge is -2.21. The zero-order valence-electron chi connectivity index (χ0n) is 20.0. The topological polar surface area (TPSA) is 61.7 Å². The van der Waals surface area contributed by atoms with E-state index in [1.165, 1.54) is 11.1 Å². The summed E-state index contributed by atoms with van der Waals surface area (Å²) in [6, 6.07) is 0.0406. The smallest absolute Gasteiger partial charge is 0.114 e. The van der Waals surface area contributed by atoms with E-state index in [2.05, 4.69) is 52.1 Å². The number of aliphatic hydroxyl groups excluding tert-OH is 2. The molecule has 0 aromatic carbocycles. The summed E-state index contributed by atoms with van der Waals surface area (Å²) in [6.07, 6.45) is 11.7. The predicted octanol–water partition coefficient (Wildman–Crippen LogP) is 5.35. The van der Waals surface area contributed by atoms with Crippen LogP contribution < -0.4 is 5.32 Å². The number of rotatable bonds is 13. The molecular weight excluding hydrogens is 362 g/mol. The molecule has 170 valence electrons. The van der Waals surface area contributed by atoms with Crippen LogP contribution in [0.4, 0.5) is 0 Å². The molecule has 0 aromatic rings. The number of nitrogens with one attached hydrogen (secondary N) is 1. The second kappa shape index (κ2) is 12.9. The first-order chi connectivity index (χ1) is 13.5. The van der Waals surface area contributed by atoms with E-state index in [1.807, 2.05) is 13.8 Å². The Morgan fingerprint density at radius 2 is 1.83 bits per heavy atom. The van der Waals surface area contributed by atoms with Crippen molar-refractivity contribution in [3.05, 3.63) is 23.3 Å². The van der Waals surface area contributed by atoms with E-state index in [0.29, 0.717) is 11.8 Å². The highest BCUT2D eigenvalue weighted by atomic mass is 16.5. The number of ether oxygens (including phenoxy) is 1. The van der Waals surface area contributed by atoms with Gasteiger partial charge in [-0.2, -0.15) is 0 Å². The Bertz CT molecular complexity index is 522. The normalized spacial score (nSPS) is 24.9. The van der Waals surface area contributed by atoms with E-state index in [-0.39, 0.29) is 30.6 Å². The van der Waals surface area contributed by atoms with Gasteiger partial charge in [-0.3, -0.25) is 5.32 Å². The SMILES string of the molecule is CC(C)=CCC(O)C(C)CCCC(C)=CCCC(C)CC1OC(C)(C)NC1CO. The molecule has 1 rings (SSSR count).